The van der Waals surface area contributed by atoms with Gasteiger partial charge in [0.25, 0.3) is 0 Å². The minimum Gasteiger partial charge on any atom is -0.311 e. The molecule has 0 radical (unpaired) electrons. The largest absolute Gasteiger partial charge is 0.311 e. The lowest BCUT2D eigenvalue weighted by atomic mass is 9.93. The average Bonchev–Trinajstić information content (AvgIpc) is 2.46. The lowest BCUT2D eigenvalue weighted by Gasteiger charge is -2.44. The van der Waals surface area contributed by atoms with Crippen LogP contribution >= 0.6 is 11.6 Å². The molecular formula is C17H27ClN2. The van der Waals surface area contributed by atoms with Crippen molar-refractivity contribution in [3.8, 4) is 0 Å². The summed E-state index contributed by atoms with van der Waals surface area (Å²) in [6.45, 7) is 11.3. The Bertz CT molecular complexity index is 435. The maximum absolute atomic E-state index is 6.37. The highest BCUT2D eigenvalue weighted by atomic mass is 35.5. The smallest absolute Gasteiger partial charge is 0.0453 e. The molecule has 20 heavy (non-hydrogen) atoms. The van der Waals surface area contributed by atoms with Gasteiger partial charge in [-0.05, 0) is 31.4 Å². The molecular weight excluding hydrogens is 268 g/mol. The van der Waals surface area contributed by atoms with E-state index in [0.29, 0.717) is 24.0 Å². The second-order valence-electron chi connectivity index (χ2n) is 6.14. The third-order valence-corrected chi connectivity index (χ3v) is 5.18. The van der Waals surface area contributed by atoms with Crippen LogP contribution in [0.3, 0.4) is 0 Å². The van der Waals surface area contributed by atoms with Crippen LogP contribution in [-0.2, 0) is 0 Å². The molecule has 112 valence electrons. The first-order valence-electron chi connectivity index (χ1n) is 7.78. The summed E-state index contributed by atoms with van der Waals surface area (Å²) >= 11 is 6.37. The monoisotopic (exact) mass is 294 g/mol. The standard InChI is InChI=1S/C17H27ClN2/c1-5-12(2)17-11-20(13(3)10-19-17)14(4)15-8-6-7-9-16(15)18/h6-9,12-14,17,19H,5,10-11H2,1-4H3. The Labute approximate surface area is 128 Å². The fourth-order valence-electron chi connectivity index (χ4n) is 3.11. The Morgan fingerprint density at radius 1 is 1.35 bits per heavy atom. The molecule has 1 fully saturated rings. The van der Waals surface area contributed by atoms with Crippen molar-refractivity contribution in [3.63, 3.8) is 0 Å². The molecule has 1 aromatic carbocycles. The second-order valence-corrected chi connectivity index (χ2v) is 6.55. The minimum absolute atomic E-state index is 0.368. The van der Waals surface area contributed by atoms with Gasteiger partial charge >= 0.3 is 0 Å². The normalized spacial score (nSPS) is 27.2. The van der Waals surface area contributed by atoms with Crippen LogP contribution in [-0.4, -0.2) is 30.1 Å². The van der Waals surface area contributed by atoms with Gasteiger partial charge in [0.1, 0.15) is 0 Å². The fourth-order valence-corrected chi connectivity index (χ4v) is 3.40. The van der Waals surface area contributed by atoms with Crippen molar-refractivity contribution in [2.75, 3.05) is 13.1 Å². The fraction of sp³-hybridized carbons (Fsp3) is 0.647. The first kappa shape index (κ1) is 15.8. The molecule has 1 aliphatic heterocycles. The summed E-state index contributed by atoms with van der Waals surface area (Å²) < 4.78 is 0. The molecule has 4 atom stereocenters. The maximum Gasteiger partial charge on any atom is 0.0453 e. The van der Waals surface area contributed by atoms with Crippen molar-refractivity contribution >= 4 is 11.6 Å². The number of hydrogen-bond donors (Lipinski definition) is 1. The number of piperazine rings is 1. The van der Waals surface area contributed by atoms with E-state index >= 15 is 0 Å². The molecule has 1 heterocycles. The van der Waals surface area contributed by atoms with Gasteiger partial charge in [-0.15, -0.1) is 0 Å². The number of halogens is 1. The predicted molar refractivity (Wildman–Crippen MR) is 87.3 cm³/mol. The molecule has 0 saturated carbocycles. The second kappa shape index (κ2) is 6.93. The molecule has 0 aliphatic carbocycles. The van der Waals surface area contributed by atoms with Crippen molar-refractivity contribution in [1.82, 2.24) is 10.2 Å². The minimum atomic E-state index is 0.368. The van der Waals surface area contributed by atoms with E-state index in [1.807, 2.05) is 12.1 Å². The van der Waals surface area contributed by atoms with E-state index in [-0.39, 0.29) is 0 Å². The van der Waals surface area contributed by atoms with E-state index in [0.717, 1.165) is 18.1 Å². The number of nitrogens with one attached hydrogen (secondary N) is 1. The van der Waals surface area contributed by atoms with E-state index in [9.17, 15) is 0 Å². The first-order chi connectivity index (χ1) is 9.54. The van der Waals surface area contributed by atoms with Crippen molar-refractivity contribution < 1.29 is 0 Å². The third-order valence-electron chi connectivity index (χ3n) is 4.83. The van der Waals surface area contributed by atoms with Crippen molar-refractivity contribution in [2.45, 2.75) is 52.2 Å². The maximum atomic E-state index is 6.37. The quantitative estimate of drug-likeness (QED) is 0.899. The van der Waals surface area contributed by atoms with E-state index in [1.54, 1.807) is 0 Å². The lowest BCUT2D eigenvalue weighted by Crippen LogP contribution is -2.57. The Morgan fingerprint density at radius 3 is 2.70 bits per heavy atom. The molecule has 1 aliphatic rings. The molecule has 0 aromatic heterocycles. The van der Waals surface area contributed by atoms with Gasteiger partial charge < -0.3 is 5.32 Å². The molecule has 1 aromatic rings. The van der Waals surface area contributed by atoms with E-state index in [1.165, 1.54) is 12.0 Å². The van der Waals surface area contributed by atoms with Gasteiger partial charge in [0.2, 0.25) is 0 Å². The zero-order chi connectivity index (χ0) is 14.7. The van der Waals surface area contributed by atoms with Crippen LogP contribution < -0.4 is 5.32 Å². The van der Waals surface area contributed by atoms with Crippen molar-refractivity contribution in [2.24, 2.45) is 5.92 Å². The Balaban J connectivity index is 2.15. The molecule has 0 amide bonds. The third kappa shape index (κ3) is 3.36. The first-order valence-corrected chi connectivity index (χ1v) is 8.16. The topological polar surface area (TPSA) is 15.3 Å². The van der Waals surface area contributed by atoms with Gasteiger partial charge in [-0.25, -0.2) is 0 Å². The highest BCUT2D eigenvalue weighted by Gasteiger charge is 2.31. The van der Waals surface area contributed by atoms with E-state index < -0.39 is 0 Å². The highest BCUT2D eigenvalue weighted by Crippen LogP contribution is 2.30. The SMILES string of the molecule is CCC(C)C1CN(C(C)c2ccccc2Cl)C(C)CN1. The Morgan fingerprint density at radius 2 is 2.05 bits per heavy atom. The molecule has 3 heteroatoms. The molecule has 2 nitrogen and oxygen atoms in total. The van der Waals surface area contributed by atoms with Crippen LogP contribution in [0, 0.1) is 5.92 Å². The number of hydrogen-bond acceptors (Lipinski definition) is 2. The van der Waals surface area contributed by atoms with Gasteiger partial charge in [-0.2, -0.15) is 0 Å². The van der Waals surface area contributed by atoms with Gasteiger partial charge in [0.05, 0.1) is 0 Å². The predicted octanol–water partition coefficient (Wildman–Crippen LogP) is 4.11. The Kier molecular flexibility index (Phi) is 5.48. The Hall–Kier alpha value is -0.570. The molecule has 4 unspecified atom stereocenters. The van der Waals surface area contributed by atoms with E-state index in [4.69, 9.17) is 11.6 Å². The molecule has 0 bridgehead atoms. The molecule has 1 saturated heterocycles. The summed E-state index contributed by atoms with van der Waals surface area (Å²) in [7, 11) is 0. The van der Waals surface area contributed by atoms with Crippen LogP contribution in [0.2, 0.25) is 5.02 Å². The number of benzene rings is 1. The molecule has 1 N–H and O–H groups in total. The summed E-state index contributed by atoms with van der Waals surface area (Å²) in [5, 5.41) is 4.58. The summed E-state index contributed by atoms with van der Waals surface area (Å²) in [6.07, 6.45) is 1.22. The van der Waals surface area contributed by atoms with Crippen LogP contribution in [0.4, 0.5) is 0 Å². The summed E-state index contributed by atoms with van der Waals surface area (Å²) in [6, 6.07) is 9.72. The number of nitrogens with zero attached hydrogens (tertiary/aromatic N) is 1. The van der Waals surface area contributed by atoms with Crippen molar-refractivity contribution in [3.05, 3.63) is 34.9 Å². The van der Waals surface area contributed by atoms with Gasteiger partial charge in [-0.1, -0.05) is 50.1 Å². The molecule has 0 spiro atoms. The van der Waals surface area contributed by atoms with Crippen LogP contribution in [0.1, 0.15) is 45.7 Å². The van der Waals surface area contributed by atoms with E-state index in [2.05, 4.69) is 50.0 Å². The summed E-state index contributed by atoms with van der Waals surface area (Å²) in [5.74, 6) is 0.712. The summed E-state index contributed by atoms with van der Waals surface area (Å²) in [4.78, 5) is 2.59. The average molecular weight is 295 g/mol. The van der Waals surface area contributed by atoms with Crippen molar-refractivity contribution in [1.29, 1.82) is 0 Å². The van der Waals surface area contributed by atoms with Gasteiger partial charge in [-0.3, -0.25) is 4.90 Å². The van der Waals surface area contributed by atoms with Crippen LogP contribution in [0.15, 0.2) is 24.3 Å². The van der Waals surface area contributed by atoms with Gasteiger partial charge in [0.15, 0.2) is 0 Å². The lowest BCUT2D eigenvalue weighted by molar-refractivity contribution is 0.0819. The van der Waals surface area contributed by atoms with Gasteiger partial charge in [0, 0.05) is 36.2 Å². The molecule has 2 rings (SSSR count). The number of rotatable bonds is 4. The highest BCUT2D eigenvalue weighted by molar-refractivity contribution is 6.31. The van der Waals surface area contributed by atoms with Crippen LogP contribution in [0.5, 0.6) is 0 Å². The zero-order valence-corrected chi connectivity index (χ0v) is 13.8. The zero-order valence-electron chi connectivity index (χ0n) is 13.1. The van der Waals surface area contributed by atoms with Crippen LogP contribution in [0.25, 0.3) is 0 Å². The summed E-state index contributed by atoms with van der Waals surface area (Å²) in [5.41, 5.74) is 1.24.